The SMILES string of the molecule is CC(C)c1cc(CCCOCCOCSCOCCOC(=O)CCc2cc(C(C)(C)C)c(O)c(C(C)(C)C)c2)ccc1O. The zero-order valence-electron chi connectivity index (χ0n) is 27.6. The van der Waals surface area contributed by atoms with E-state index in [2.05, 4.69) is 61.5 Å². The molecule has 7 nitrogen and oxygen atoms in total. The van der Waals surface area contributed by atoms with Crippen molar-refractivity contribution in [2.45, 2.75) is 97.8 Å². The molecule has 8 heteroatoms. The lowest BCUT2D eigenvalue weighted by molar-refractivity contribution is -0.144. The van der Waals surface area contributed by atoms with E-state index < -0.39 is 0 Å². The van der Waals surface area contributed by atoms with Crippen LogP contribution in [0.5, 0.6) is 11.5 Å². The van der Waals surface area contributed by atoms with Crippen LogP contribution in [-0.2, 0) is 47.4 Å². The summed E-state index contributed by atoms with van der Waals surface area (Å²) in [4.78, 5) is 12.3. The molecule has 0 aliphatic heterocycles. The molecular weight excluding hydrogens is 564 g/mol. The van der Waals surface area contributed by atoms with Crippen LogP contribution >= 0.6 is 11.8 Å². The molecule has 0 spiro atoms. The van der Waals surface area contributed by atoms with E-state index in [1.54, 1.807) is 6.07 Å². The van der Waals surface area contributed by atoms with Gasteiger partial charge in [0.05, 0.1) is 31.7 Å². The van der Waals surface area contributed by atoms with Crippen molar-refractivity contribution in [2.75, 3.05) is 44.9 Å². The number of rotatable bonds is 18. The molecule has 0 radical (unpaired) electrons. The molecule has 0 aromatic heterocycles. The Morgan fingerprint density at radius 2 is 1.35 bits per heavy atom. The number of aromatic hydroxyl groups is 2. The first kappa shape index (κ1) is 36.9. The van der Waals surface area contributed by atoms with Gasteiger partial charge in [0, 0.05) is 13.0 Å². The molecule has 0 atom stereocenters. The number of esters is 1. The molecular formula is C35H54O7S. The first-order valence-electron chi connectivity index (χ1n) is 15.4. The summed E-state index contributed by atoms with van der Waals surface area (Å²) in [5.74, 6) is 1.72. The quantitative estimate of drug-likeness (QED) is 0.100. The third-order valence-corrected chi connectivity index (χ3v) is 7.73. The van der Waals surface area contributed by atoms with Gasteiger partial charge in [0.15, 0.2) is 0 Å². The van der Waals surface area contributed by atoms with Crippen molar-refractivity contribution in [2.24, 2.45) is 0 Å². The fourth-order valence-electron chi connectivity index (χ4n) is 4.60. The zero-order chi connectivity index (χ0) is 32.0. The lowest BCUT2D eigenvalue weighted by atomic mass is 9.78. The third-order valence-electron chi connectivity index (χ3n) is 7.07. The van der Waals surface area contributed by atoms with Gasteiger partial charge in [-0.05, 0) is 69.9 Å². The first-order chi connectivity index (χ1) is 20.2. The minimum atomic E-state index is -0.259. The maximum Gasteiger partial charge on any atom is 0.306 e. The van der Waals surface area contributed by atoms with Crippen molar-refractivity contribution in [3.05, 3.63) is 58.1 Å². The van der Waals surface area contributed by atoms with Crippen molar-refractivity contribution >= 4 is 17.7 Å². The highest BCUT2D eigenvalue weighted by Gasteiger charge is 2.26. The van der Waals surface area contributed by atoms with Gasteiger partial charge in [-0.2, -0.15) is 0 Å². The minimum absolute atomic E-state index is 0.205. The van der Waals surface area contributed by atoms with E-state index in [-0.39, 0.29) is 29.8 Å². The number of phenolic OH excluding ortho intramolecular Hbond substituents is 2. The smallest absolute Gasteiger partial charge is 0.306 e. The predicted octanol–water partition coefficient (Wildman–Crippen LogP) is 7.62. The van der Waals surface area contributed by atoms with Gasteiger partial charge in [-0.1, -0.05) is 79.7 Å². The van der Waals surface area contributed by atoms with Crippen molar-refractivity contribution in [3.8, 4) is 11.5 Å². The predicted molar refractivity (Wildman–Crippen MR) is 175 cm³/mol. The average molecular weight is 619 g/mol. The molecule has 0 saturated carbocycles. The molecule has 2 rings (SSSR count). The van der Waals surface area contributed by atoms with Crippen LogP contribution in [0.25, 0.3) is 0 Å². The number of phenols is 2. The summed E-state index contributed by atoms with van der Waals surface area (Å²) in [5.41, 5.74) is 4.61. The van der Waals surface area contributed by atoms with E-state index >= 15 is 0 Å². The number of carbonyl (C=O) groups excluding carboxylic acids is 1. The van der Waals surface area contributed by atoms with E-state index in [4.69, 9.17) is 18.9 Å². The van der Waals surface area contributed by atoms with Crippen molar-refractivity contribution < 1.29 is 34.0 Å². The van der Waals surface area contributed by atoms with E-state index in [1.165, 1.54) is 17.3 Å². The largest absolute Gasteiger partial charge is 0.508 e. The number of ether oxygens (including phenoxy) is 4. The third kappa shape index (κ3) is 13.5. The summed E-state index contributed by atoms with van der Waals surface area (Å²) in [6.45, 7) is 18.9. The number of hydrogen-bond donors (Lipinski definition) is 2. The Hall–Kier alpha value is -2.26. The van der Waals surface area contributed by atoms with Crippen molar-refractivity contribution in [1.82, 2.24) is 0 Å². The summed E-state index contributed by atoms with van der Waals surface area (Å²) in [7, 11) is 0. The summed E-state index contributed by atoms with van der Waals surface area (Å²) in [5, 5.41) is 20.8. The molecule has 0 unspecified atom stereocenters. The Morgan fingerprint density at radius 3 is 1.93 bits per heavy atom. The zero-order valence-corrected chi connectivity index (χ0v) is 28.4. The second-order valence-corrected chi connectivity index (χ2v) is 14.2. The van der Waals surface area contributed by atoms with E-state index in [9.17, 15) is 15.0 Å². The van der Waals surface area contributed by atoms with Crippen LogP contribution in [-0.4, -0.2) is 61.1 Å². The molecule has 0 aliphatic carbocycles. The fourth-order valence-corrected chi connectivity index (χ4v) is 5.14. The van der Waals surface area contributed by atoms with Gasteiger partial charge in [0.25, 0.3) is 0 Å². The topological polar surface area (TPSA) is 94.5 Å². The molecule has 0 saturated heterocycles. The van der Waals surface area contributed by atoms with Crippen molar-refractivity contribution in [1.29, 1.82) is 0 Å². The maximum absolute atomic E-state index is 12.3. The summed E-state index contributed by atoms with van der Waals surface area (Å²) in [6.07, 6.45) is 2.67. The summed E-state index contributed by atoms with van der Waals surface area (Å²) >= 11 is 1.52. The second kappa shape index (κ2) is 17.9. The Morgan fingerprint density at radius 1 is 0.767 bits per heavy atom. The van der Waals surface area contributed by atoms with E-state index in [1.807, 2.05) is 18.2 Å². The highest BCUT2D eigenvalue weighted by molar-refractivity contribution is 7.98. The van der Waals surface area contributed by atoms with E-state index in [0.717, 1.165) is 35.1 Å². The molecule has 0 aliphatic rings. The van der Waals surface area contributed by atoms with Gasteiger partial charge in [-0.3, -0.25) is 4.79 Å². The highest BCUT2D eigenvalue weighted by Crippen LogP contribution is 2.40. The Bertz CT molecular complexity index is 1100. The average Bonchev–Trinajstić information content (AvgIpc) is 2.92. The minimum Gasteiger partial charge on any atom is -0.508 e. The Balaban J connectivity index is 1.51. The molecule has 2 aromatic carbocycles. The van der Waals surface area contributed by atoms with Crippen LogP contribution in [0, 0.1) is 0 Å². The fraction of sp³-hybridized carbons (Fsp3) is 0.629. The monoisotopic (exact) mass is 618 g/mol. The number of aryl methyl sites for hydroxylation is 2. The normalized spacial score (nSPS) is 12.2. The van der Waals surface area contributed by atoms with Gasteiger partial charge < -0.3 is 29.2 Å². The van der Waals surface area contributed by atoms with Crippen LogP contribution in [0.15, 0.2) is 30.3 Å². The molecule has 2 aromatic rings. The molecule has 0 bridgehead atoms. The van der Waals surface area contributed by atoms with Gasteiger partial charge in [-0.15, -0.1) is 11.8 Å². The lowest BCUT2D eigenvalue weighted by Gasteiger charge is -2.28. The van der Waals surface area contributed by atoms with Gasteiger partial charge in [0.2, 0.25) is 0 Å². The van der Waals surface area contributed by atoms with Crippen LogP contribution in [0.3, 0.4) is 0 Å². The Labute approximate surface area is 263 Å². The van der Waals surface area contributed by atoms with Crippen LogP contribution in [0.1, 0.15) is 102 Å². The van der Waals surface area contributed by atoms with Gasteiger partial charge >= 0.3 is 5.97 Å². The number of carbonyl (C=O) groups is 1. The maximum atomic E-state index is 12.3. The second-order valence-electron chi connectivity index (χ2n) is 13.3. The molecule has 2 N–H and O–H groups in total. The lowest BCUT2D eigenvalue weighted by Crippen LogP contribution is -2.18. The molecule has 0 amide bonds. The summed E-state index contributed by atoms with van der Waals surface area (Å²) in [6, 6.07) is 9.84. The number of benzene rings is 2. The molecule has 0 fully saturated rings. The van der Waals surface area contributed by atoms with E-state index in [0.29, 0.717) is 62.1 Å². The van der Waals surface area contributed by atoms with Gasteiger partial charge in [0.1, 0.15) is 18.1 Å². The van der Waals surface area contributed by atoms with Crippen molar-refractivity contribution in [3.63, 3.8) is 0 Å². The standard InChI is InChI=1S/C35H54O7S/c1-25(2)28-20-26(11-13-31(28)36)10-9-15-39-16-17-40-23-43-24-41-18-19-42-32(37)14-12-27-21-29(34(3,4)5)33(38)30(22-27)35(6,7)8/h11,13,20-22,25,36,38H,9-10,12,14-19,23-24H2,1-8H3. The molecule has 0 heterocycles. The van der Waals surface area contributed by atoms with Crippen LogP contribution in [0.4, 0.5) is 0 Å². The summed E-state index contributed by atoms with van der Waals surface area (Å²) < 4.78 is 22.1. The number of thioether (sulfide) groups is 1. The van der Waals surface area contributed by atoms with Crippen LogP contribution < -0.4 is 0 Å². The molecule has 242 valence electrons. The molecule has 43 heavy (non-hydrogen) atoms. The first-order valence-corrected chi connectivity index (χ1v) is 16.5. The van der Waals surface area contributed by atoms with Crippen LogP contribution in [0.2, 0.25) is 0 Å². The number of hydrogen-bond acceptors (Lipinski definition) is 8. The Kier molecular flexibility index (Phi) is 15.4. The van der Waals surface area contributed by atoms with Gasteiger partial charge in [-0.25, -0.2) is 0 Å². The highest BCUT2D eigenvalue weighted by atomic mass is 32.2.